The van der Waals surface area contributed by atoms with Crippen LogP contribution in [0.1, 0.15) is 15.9 Å². The predicted octanol–water partition coefficient (Wildman–Crippen LogP) is 4.81. The maximum atomic E-state index is 12.8. The summed E-state index contributed by atoms with van der Waals surface area (Å²) in [6.45, 7) is 0.489. The number of thiocarbonyl (C=S) groups is 1. The number of halogens is 1. The van der Waals surface area contributed by atoms with Crippen LogP contribution in [0.5, 0.6) is 17.6 Å². The lowest BCUT2D eigenvalue weighted by atomic mass is 10.2. The first-order valence-corrected chi connectivity index (χ1v) is 15.0. The van der Waals surface area contributed by atoms with Gasteiger partial charge in [-0.25, -0.2) is 8.42 Å². The van der Waals surface area contributed by atoms with Gasteiger partial charge in [0.15, 0.2) is 10.9 Å². The van der Waals surface area contributed by atoms with Gasteiger partial charge in [-0.15, -0.1) is 0 Å². The first-order chi connectivity index (χ1) is 20.2. The fourth-order valence-electron chi connectivity index (χ4n) is 3.59. The lowest BCUT2D eigenvalue weighted by Crippen LogP contribution is -2.34. The zero-order valence-corrected chi connectivity index (χ0v) is 25.7. The number of nitrogens with one attached hydrogen (secondary N) is 3. The number of hydrogen-bond donors (Lipinski definition) is 3. The average Bonchev–Trinajstić information content (AvgIpc) is 2.98. The van der Waals surface area contributed by atoms with Gasteiger partial charge in [0.05, 0.1) is 30.2 Å². The Balaban J connectivity index is 1.31. The van der Waals surface area contributed by atoms with Gasteiger partial charge >= 0.3 is 6.01 Å². The van der Waals surface area contributed by atoms with Gasteiger partial charge in [0, 0.05) is 23.7 Å². The van der Waals surface area contributed by atoms with E-state index in [9.17, 15) is 13.2 Å². The molecule has 0 aliphatic carbocycles. The van der Waals surface area contributed by atoms with Gasteiger partial charge in [-0.1, -0.05) is 30.3 Å². The van der Waals surface area contributed by atoms with E-state index in [4.69, 9.17) is 26.4 Å². The van der Waals surface area contributed by atoms with Gasteiger partial charge in [-0.2, -0.15) is 9.97 Å². The molecule has 14 heteroatoms. The van der Waals surface area contributed by atoms with Gasteiger partial charge in [0.2, 0.25) is 5.88 Å². The van der Waals surface area contributed by atoms with E-state index in [0.29, 0.717) is 28.1 Å². The van der Waals surface area contributed by atoms with Crippen LogP contribution >= 0.6 is 28.1 Å². The molecule has 1 aromatic heterocycles. The molecule has 0 atom stereocenters. The number of anilines is 2. The minimum absolute atomic E-state index is 0.0248. The van der Waals surface area contributed by atoms with E-state index >= 15 is 0 Å². The summed E-state index contributed by atoms with van der Waals surface area (Å²) in [5.41, 5.74) is 2.00. The van der Waals surface area contributed by atoms with Gasteiger partial charge in [-0.05, 0) is 76.2 Å². The summed E-state index contributed by atoms with van der Waals surface area (Å²) in [5, 5.41) is 5.51. The molecular formula is C28H26BrN5O6S2. The van der Waals surface area contributed by atoms with Crippen molar-refractivity contribution in [3.63, 3.8) is 0 Å². The maximum Gasteiger partial charge on any atom is 0.321 e. The molecule has 11 nitrogen and oxygen atoms in total. The number of amides is 1. The highest BCUT2D eigenvalue weighted by Crippen LogP contribution is 2.26. The number of carbonyl (C=O) groups excluding carboxylic acids is 1. The smallest absolute Gasteiger partial charge is 0.321 e. The zero-order valence-electron chi connectivity index (χ0n) is 22.5. The number of benzene rings is 3. The van der Waals surface area contributed by atoms with Crippen molar-refractivity contribution < 1.29 is 27.4 Å². The Kier molecular flexibility index (Phi) is 10.3. The van der Waals surface area contributed by atoms with Gasteiger partial charge < -0.3 is 19.5 Å². The Morgan fingerprint density at radius 1 is 0.952 bits per heavy atom. The third-order valence-corrected chi connectivity index (χ3v) is 7.84. The summed E-state index contributed by atoms with van der Waals surface area (Å²) in [5.74, 6) is 0.294. The molecule has 3 aromatic carbocycles. The van der Waals surface area contributed by atoms with E-state index in [1.165, 1.54) is 50.1 Å². The molecule has 4 aromatic rings. The van der Waals surface area contributed by atoms with Crippen molar-refractivity contribution in [1.29, 1.82) is 0 Å². The van der Waals surface area contributed by atoms with Crippen molar-refractivity contribution in [3.8, 4) is 17.6 Å². The molecule has 1 amide bonds. The lowest BCUT2D eigenvalue weighted by Gasteiger charge is -2.12. The van der Waals surface area contributed by atoms with Crippen LogP contribution in [0.15, 0.2) is 88.2 Å². The molecule has 218 valence electrons. The second kappa shape index (κ2) is 14.1. The Morgan fingerprint density at radius 2 is 1.69 bits per heavy atom. The van der Waals surface area contributed by atoms with Crippen LogP contribution in [0.4, 0.5) is 11.5 Å². The molecule has 3 N–H and O–H groups in total. The summed E-state index contributed by atoms with van der Waals surface area (Å²) in [6.07, 6.45) is 0.755. The van der Waals surface area contributed by atoms with E-state index in [-0.39, 0.29) is 27.7 Å². The second-order valence-corrected chi connectivity index (χ2v) is 11.5. The Bertz CT molecular complexity index is 1650. The molecular weight excluding hydrogens is 646 g/mol. The van der Waals surface area contributed by atoms with Crippen LogP contribution in [0.25, 0.3) is 0 Å². The summed E-state index contributed by atoms with van der Waals surface area (Å²) >= 11 is 8.72. The Labute approximate surface area is 256 Å². The number of nitrogens with zero attached hydrogens (tertiary/aromatic N) is 2. The van der Waals surface area contributed by atoms with E-state index in [2.05, 4.69) is 41.3 Å². The Morgan fingerprint density at radius 3 is 2.36 bits per heavy atom. The van der Waals surface area contributed by atoms with Crippen LogP contribution in [0.3, 0.4) is 0 Å². The van der Waals surface area contributed by atoms with Crippen molar-refractivity contribution in [1.82, 2.24) is 15.3 Å². The topological polar surface area (TPSA) is 141 Å². The highest BCUT2D eigenvalue weighted by molar-refractivity contribution is 9.10. The van der Waals surface area contributed by atoms with E-state index < -0.39 is 15.9 Å². The molecule has 0 saturated heterocycles. The average molecular weight is 673 g/mol. The monoisotopic (exact) mass is 671 g/mol. The number of ether oxygens (including phenoxy) is 3. The van der Waals surface area contributed by atoms with Crippen molar-refractivity contribution in [3.05, 3.63) is 94.5 Å². The van der Waals surface area contributed by atoms with Crippen LogP contribution in [0.2, 0.25) is 0 Å². The molecule has 0 aliphatic heterocycles. The molecule has 0 spiro atoms. The van der Waals surface area contributed by atoms with E-state index in [0.717, 1.165) is 6.42 Å². The zero-order chi connectivity index (χ0) is 30.1. The molecule has 0 radical (unpaired) electrons. The molecule has 0 saturated carbocycles. The van der Waals surface area contributed by atoms with Crippen molar-refractivity contribution in [2.75, 3.05) is 30.9 Å². The number of carbonyl (C=O) groups is 1. The first-order valence-electron chi connectivity index (χ1n) is 12.4. The fourth-order valence-corrected chi connectivity index (χ4v) is 5.28. The molecule has 0 fully saturated rings. The third kappa shape index (κ3) is 8.38. The lowest BCUT2D eigenvalue weighted by molar-refractivity contribution is 0.0977. The third-order valence-electron chi connectivity index (χ3n) is 5.65. The van der Waals surface area contributed by atoms with Gasteiger partial charge in [-0.3, -0.25) is 14.8 Å². The molecule has 1 heterocycles. The first kappa shape index (κ1) is 30.7. The van der Waals surface area contributed by atoms with Crippen molar-refractivity contribution in [2.45, 2.75) is 11.3 Å². The number of methoxy groups -OCH3 is 2. The normalized spacial score (nSPS) is 10.8. The number of sulfonamides is 1. The fraction of sp³-hybridized carbons (Fsp3) is 0.143. The Hall–Kier alpha value is -4.27. The molecule has 0 aliphatic rings. The predicted molar refractivity (Wildman–Crippen MR) is 166 cm³/mol. The van der Waals surface area contributed by atoms with Crippen LogP contribution in [0, 0.1) is 0 Å². The van der Waals surface area contributed by atoms with Crippen LogP contribution < -0.4 is 29.6 Å². The molecule has 0 unspecified atom stereocenters. The van der Waals surface area contributed by atoms with Gasteiger partial charge in [0.1, 0.15) is 5.75 Å². The summed E-state index contributed by atoms with van der Waals surface area (Å²) in [4.78, 5) is 20.6. The van der Waals surface area contributed by atoms with Gasteiger partial charge in [0.25, 0.3) is 15.9 Å². The standard InChI is InChI=1S/C28H26BrN5O6S2/c1-38-25-17-24(31-27(32-25)39-2)34-42(36,37)21-11-9-20(10-12-21)30-28(41)33-26(35)19-8-13-23(22(29)16-19)40-15-14-18-6-4-3-5-7-18/h3-13,16-17H,14-15H2,1-2H3,(H,31,32,34)(H2,30,33,35,41). The van der Waals surface area contributed by atoms with Crippen LogP contribution in [-0.2, 0) is 16.4 Å². The van der Waals surface area contributed by atoms with Crippen LogP contribution in [-0.4, -0.2) is 50.2 Å². The van der Waals surface area contributed by atoms with Crippen molar-refractivity contribution >= 4 is 60.7 Å². The summed E-state index contributed by atoms with van der Waals surface area (Å²) in [7, 11) is -1.25. The largest absolute Gasteiger partial charge is 0.492 e. The second-order valence-electron chi connectivity index (χ2n) is 8.55. The minimum Gasteiger partial charge on any atom is -0.492 e. The van der Waals surface area contributed by atoms with E-state index in [1.807, 2.05) is 30.3 Å². The molecule has 4 rings (SSSR count). The molecule has 42 heavy (non-hydrogen) atoms. The summed E-state index contributed by atoms with van der Waals surface area (Å²) in [6, 6.07) is 22.0. The maximum absolute atomic E-state index is 12.8. The number of aromatic nitrogens is 2. The highest BCUT2D eigenvalue weighted by atomic mass is 79.9. The number of rotatable bonds is 11. The molecule has 0 bridgehead atoms. The number of hydrogen-bond acceptors (Lipinski definition) is 9. The van der Waals surface area contributed by atoms with E-state index in [1.54, 1.807) is 18.2 Å². The van der Waals surface area contributed by atoms with Crippen molar-refractivity contribution in [2.24, 2.45) is 0 Å². The summed E-state index contributed by atoms with van der Waals surface area (Å²) < 4.78 is 44.5. The SMILES string of the molecule is COc1cc(NS(=O)(=O)c2ccc(NC(=S)NC(=O)c3ccc(OCCc4ccccc4)c(Br)c3)cc2)nc(OC)n1. The quantitative estimate of drug-likeness (QED) is 0.190. The highest BCUT2D eigenvalue weighted by Gasteiger charge is 2.17. The minimum atomic E-state index is -3.99.